The maximum Gasteiger partial charge on any atom is 0.311 e. The number of nitrogens with zero attached hydrogens (tertiary/aromatic N) is 1. The molecule has 0 atom stereocenters. The average molecular weight is 334 g/mol. The lowest BCUT2D eigenvalue weighted by Gasteiger charge is -2.09. The van der Waals surface area contributed by atoms with Gasteiger partial charge in [0.15, 0.2) is 0 Å². The molecular formula is C16H15FN2O3S. The normalized spacial score (nSPS) is 15.2. The van der Waals surface area contributed by atoms with Crippen LogP contribution in [0.15, 0.2) is 29.6 Å². The zero-order valence-corrected chi connectivity index (χ0v) is 13.0. The lowest BCUT2D eigenvalue weighted by molar-refractivity contribution is -0.143. The van der Waals surface area contributed by atoms with Crippen molar-refractivity contribution in [1.82, 2.24) is 10.3 Å². The van der Waals surface area contributed by atoms with Gasteiger partial charge in [-0.05, 0) is 24.5 Å². The van der Waals surface area contributed by atoms with E-state index in [4.69, 9.17) is 5.11 Å². The number of hydrogen-bond donors (Lipinski definition) is 2. The molecule has 0 radical (unpaired) electrons. The number of thiazole rings is 1. The Hall–Kier alpha value is -2.28. The van der Waals surface area contributed by atoms with Gasteiger partial charge in [-0.2, -0.15) is 0 Å². The number of aromatic nitrogens is 1. The molecule has 0 bridgehead atoms. The van der Waals surface area contributed by atoms with Gasteiger partial charge in [0, 0.05) is 18.3 Å². The lowest BCUT2D eigenvalue weighted by Crippen LogP contribution is -2.34. The second-order valence-corrected chi connectivity index (χ2v) is 6.61. The van der Waals surface area contributed by atoms with Crippen LogP contribution in [0.4, 0.5) is 4.39 Å². The molecule has 1 aliphatic rings. The minimum Gasteiger partial charge on any atom is -0.481 e. The second-order valence-electron chi connectivity index (χ2n) is 5.66. The average Bonchev–Trinajstić information content (AvgIpc) is 3.19. The highest BCUT2D eigenvalue weighted by Crippen LogP contribution is 2.45. The van der Waals surface area contributed by atoms with E-state index in [0.29, 0.717) is 29.8 Å². The molecule has 1 amide bonds. The Morgan fingerprint density at radius 1 is 1.35 bits per heavy atom. The van der Waals surface area contributed by atoms with Gasteiger partial charge in [-0.25, -0.2) is 9.37 Å². The Bertz CT molecular complexity index is 755. The van der Waals surface area contributed by atoms with Gasteiger partial charge in [-0.1, -0.05) is 18.2 Å². The van der Waals surface area contributed by atoms with Crippen molar-refractivity contribution in [3.63, 3.8) is 0 Å². The van der Waals surface area contributed by atoms with Crippen LogP contribution in [0.2, 0.25) is 0 Å². The summed E-state index contributed by atoms with van der Waals surface area (Å²) in [5.74, 6) is -1.57. The van der Waals surface area contributed by atoms with Crippen LogP contribution in [-0.4, -0.2) is 28.5 Å². The molecule has 0 aliphatic heterocycles. The van der Waals surface area contributed by atoms with Crippen molar-refractivity contribution >= 4 is 23.2 Å². The molecule has 3 rings (SSSR count). The highest BCUT2D eigenvalue weighted by Gasteiger charge is 2.50. The molecule has 2 aromatic rings. The summed E-state index contributed by atoms with van der Waals surface area (Å²) in [6.45, 7) is 0.112. The summed E-state index contributed by atoms with van der Waals surface area (Å²) in [7, 11) is 0. The van der Waals surface area contributed by atoms with Crippen LogP contribution in [0.3, 0.4) is 0 Å². The number of benzene rings is 1. The van der Waals surface area contributed by atoms with E-state index in [-0.39, 0.29) is 18.1 Å². The molecule has 0 spiro atoms. The number of carboxylic acid groups (broad SMARTS) is 1. The maximum atomic E-state index is 13.6. The summed E-state index contributed by atoms with van der Waals surface area (Å²) in [6.07, 6.45) is 1.49. The minimum absolute atomic E-state index is 0.112. The van der Waals surface area contributed by atoms with Crippen molar-refractivity contribution in [3.8, 4) is 0 Å². The van der Waals surface area contributed by atoms with Gasteiger partial charge in [-0.15, -0.1) is 11.3 Å². The Labute approximate surface area is 136 Å². The number of nitrogens with one attached hydrogen (secondary N) is 1. The van der Waals surface area contributed by atoms with Crippen molar-refractivity contribution in [1.29, 1.82) is 0 Å². The molecule has 0 unspecified atom stereocenters. The number of carbonyl (C=O) groups excluding carboxylic acids is 1. The van der Waals surface area contributed by atoms with Gasteiger partial charge in [0.1, 0.15) is 11.5 Å². The lowest BCUT2D eigenvalue weighted by atomic mass is 10.1. The minimum atomic E-state index is -0.878. The topological polar surface area (TPSA) is 79.3 Å². The van der Waals surface area contributed by atoms with E-state index in [0.717, 1.165) is 0 Å². The van der Waals surface area contributed by atoms with Crippen molar-refractivity contribution in [2.45, 2.75) is 19.3 Å². The third-order valence-corrected chi connectivity index (χ3v) is 4.83. The van der Waals surface area contributed by atoms with Gasteiger partial charge in [0.2, 0.25) is 0 Å². The van der Waals surface area contributed by atoms with Crippen LogP contribution in [-0.2, 0) is 11.2 Å². The molecule has 23 heavy (non-hydrogen) atoms. The van der Waals surface area contributed by atoms with Crippen LogP contribution in [0.25, 0.3) is 0 Å². The number of aliphatic carboxylic acids is 1. The highest BCUT2D eigenvalue weighted by atomic mass is 32.1. The number of amides is 1. The first kappa shape index (κ1) is 15.6. The molecule has 1 fully saturated rings. The van der Waals surface area contributed by atoms with Crippen molar-refractivity contribution < 1.29 is 19.1 Å². The fourth-order valence-corrected chi connectivity index (χ4v) is 3.06. The van der Waals surface area contributed by atoms with E-state index in [1.54, 1.807) is 23.6 Å². The van der Waals surface area contributed by atoms with Crippen molar-refractivity contribution in [2.75, 3.05) is 6.54 Å². The summed E-state index contributed by atoms with van der Waals surface area (Å²) in [6, 6.07) is 6.44. The summed E-state index contributed by atoms with van der Waals surface area (Å²) in [4.78, 5) is 27.3. The van der Waals surface area contributed by atoms with Gasteiger partial charge < -0.3 is 10.4 Å². The second kappa shape index (κ2) is 6.08. The van der Waals surface area contributed by atoms with E-state index in [2.05, 4.69) is 10.3 Å². The molecule has 7 heteroatoms. The first-order valence-corrected chi connectivity index (χ1v) is 8.07. The molecule has 1 aliphatic carbocycles. The van der Waals surface area contributed by atoms with Crippen LogP contribution < -0.4 is 5.32 Å². The van der Waals surface area contributed by atoms with Gasteiger partial charge >= 0.3 is 5.97 Å². The van der Waals surface area contributed by atoms with Crippen molar-refractivity contribution in [2.24, 2.45) is 5.41 Å². The Kier molecular flexibility index (Phi) is 4.12. The quantitative estimate of drug-likeness (QED) is 0.850. The van der Waals surface area contributed by atoms with Crippen molar-refractivity contribution in [3.05, 3.63) is 51.7 Å². The number of hydrogen-bond acceptors (Lipinski definition) is 4. The SMILES string of the molecule is O=C(NCC1(C(=O)O)CC1)c1csc(Cc2ccccc2F)n1. The summed E-state index contributed by atoms with van der Waals surface area (Å²) in [5, 5.41) is 13.9. The number of halogens is 1. The monoisotopic (exact) mass is 334 g/mol. The van der Waals surface area contributed by atoms with E-state index < -0.39 is 17.3 Å². The predicted molar refractivity (Wildman–Crippen MR) is 83.0 cm³/mol. The number of carbonyl (C=O) groups is 2. The first-order valence-electron chi connectivity index (χ1n) is 7.20. The molecule has 2 N–H and O–H groups in total. The van der Waals surface area contributed by atoms with Gasteiger partial charge in [-0.3, -0.25) is 9.59 Å². The first-order chi connectivity index (χ1) is 11.0. The van der Waals surface area contributed by atoms with Crippen LogP contribution in [0, 0.1) is 11.2 Å². The molecule has 1 heterocycles. The van der Waals surface area contributed by atoms with E-state index in [1.807, 2.05) is 0 Å². The fraction of sp³-hybridized carbons (Fsp3) is 0.312. The van der Waals surface area contributed by atoms with Crippen LogP contribution in [0.1, 0.15) is 33.9 Å². The standard InChI is InChI=1S/C16H15FN2O3S/c17-11-4-2-1-3-10(11)7-13-19-12(8-23-13)14(20)18-9-16(5-6-16)15(21)22/h1-4,8H,5-7,9H2,(H,18,20)(H,21,22). The summed E-state index contributed by atoms with van der Waals surface area (Å²) < 4.78 is 13.6. The van der Waals surface area contributed by atoms with Crippen LogP contribution >= 0.6 is 11.3 Å². The summed E-state index contributed by atoms with van der Waals surface area (Å²) >= 11 is 1.28. The Morgan fingerprint density at radius 3 is 2.74 bits per heavy atom. The zero-order valence-electron chi connectivity index (χ0n) is 12.2. The van der Waals surface area contributed by atoms with E-state index >= 15 is 0 Å². The largest absolute Gasteiger partial charge is 0.481 e. The molecule has 5 nitrogen and oxygen atoms in total. The fourth-order valence-electron chi connectivity index (χ4n) is 2.26. The van der Waals surface area contributed by atoms with Gasteiger partial charge in [0.05, 0.1) is 10.4 Å². The number of rotatable bonds is 6. The molecule has 1 saturated carbocycles. The highest BCUT2D eigenvalue weighted by molar-refractivity contribution is 7.09. The molecule has 120 valence electrons. The molecular weight excluding hydrogens is 319 g/mol. The van der Waals surface area contributed by atoms with E-state index in [9.17, 15) is 14.0 Å². The number of carboxylic acids is 1. The summed E-state index contributed by atoms with van der Waals surface area (Å²) in [5.41, 5.74) is -0.0408. The molecule has 1 aromatic heterocycles. The maximum absolute atomic E-state index is 13.6. The Morgan fingerprint density at radius 2 is 2.09 bits per heavy atom. The van der Waals surface area contributed by atoms with Crippen LogP contribution in [0.5, 0.6) is 0 Å². The van der Waals surface area contributed by atoms with Gasteiger partial charge in [0.25, 0.3) is 5.91 Å². The smallest absolute Gasteiger partial charge is 0.311 e. The molecule has 0 saturated heterocycles. The predicted octanol–water partition coefficient (Wildman–Crippen LogP) is 2.47. The van der Waals surface area contributed by atoms with E-state index in [1.165, 1.54) is 17.4 Å². The third kappa shape index (κ3) is 3.39. The Balaban J connectivity index is 1.61. The molecule has 1 aromatic carbocycles. The third-order valence-electron chi connectivity index (χ3n) is 3.98. The zero-order chi connectivity index (χ0) is 16.4.